The van der Waals surface area contributed by atoms with Crippen LogP contribution in [0.5, 0.6) is 0 Å². The molecule has 1 aromatic rings. The molecule has 1 aromatic carbocycles. The Morgan fingerprint density at radius 1 is 1.11 bits per heavy atom. The van der Waals surface area contributed by atoms with Gasteiger partial charge in [0.15, 0.2) is 0 Å². The average Bonchev–Trinajstić information content (AvgIpc) is 2.40. The van der Waals surface area contributed by atoms with Gasteiger partial charge in [-0.3, -0.25) is 0 Å². The van der Waals surface area contributed by atoms with Crippen LogP contribution in [-0.4, -0.2) is 31.1 Å². The van der Waals surface area contributed by atoms with E-state index in [0.29, 0.717) is 5.92 Å². The molecule has 1 aliphatic heterocycles. The molecular weight excluding hydrogens is 220 g/mol. The molecule has 1 atom stereocenters. The largest absolute Gasteiger partial charge is 0.330 e. The summed E-state index contributed by atoms with van der Waals surface area (Å²) in [6, 6.07) is 6.80. The first-order valence-corrected chi connectivity index (χ1v) is 7.20. The Morgan fingerprint density at radius 3 is 2.44 bits per heavy atom. The van der Waals surface area contributed by atoms with E-state index in [-0.39, 0.29) is 0 Å². The van der Waals surface area contributed by atoms with Crippen LogP contribution in [-0.2, 0) is 0 Å². The molecular formula is C16H26N2. The number of rotatable bonds is 4. The maximum Gasteiger partial charge on any atom is 0.00889 e. The Labute approximate surface area is 111 Å². The summed E-state index contributed by atoms with van der Waals surface area (Å²) in [7, 11) is 0. The molecule has 2 N–H and O–H groups in total. The minimum Gasteiger partial charge on any atom is -0.330 e. The zero-order valence-corrected chi connectivity index (χ0v) is 11.8. The van der Waals surface area contributed by atoms with E-state index in [1.165, 1.54) is 49.0 Å². The van der Waals surface area contributed by atoms with Crippen LogP contribution in [0.4, 0.5) is 0 Å². The van der Waals surface area contributed by atoms with Crippen LogP contribution in [0.2, 0.25) is 0 Å². The van der Waals surface area contributed by atoms with E-state index in [0.717, 1.165) is 13.1 Å². The Balaban J connectivity index is 2.04. The van der Waals surface area contributed by atoms with Gasteiger partial charge in [0.05, 0.1) is 0 Å². The normalized spacial score (nSPS) is 18.8. The first kappa shape index (κ1) is 13.6. The van der Waals surface area contributed by atoms with Crippen molar-refractivity contribution in [2.24, 2.45) is 5.73 Å². The van der Waals surface area contributed by atoms with Crippen LogP contribution in [0.1, 0.15) is 41.9 Å². The van der Waals surface area contributed by atoms with Crippen molar-refractivity contribution in [3.63, 3.8) is 0 Å². The van der Waals surface area contributed by atoms with Crippen LogP contribution < -0.4 is 5.73 Å². The SMILES string of the molecule is Cc1ccc(C(CN)CN2CCCCC2)cc1C. The first-order valence-electron chi connectivity index (χ1n) is 7.20. The van der Waals surface area contributed by atoms with Crippen molar-refractivity contribution in [2.45, 2.75) is 39.0 Å². The highest BCUT2D eigenvalue weighted by Gasteiger charge is 2.17. The van der Waals surface area contributed by atoms with Crippen LogP contribution in [0.15, 0.2) is 18.2 Å². The van der Waals surface area contributed by atoms with E-state index in [4.69, 9.17) is 5.73 Å². The molecule has 1 heterocycles. The number of piperidine rings is 1. The number of nitrogens with zero attached hydrogens (tertiary/aromatic N) is 1. The van der Waals surface area contributed by atoms with Gasteiger partial charge < -0.3 is 10.6 Å². The third-order valence-electron chi connectivity index (χ3n) is 4.21. The molecule has 0 saturated carbocycles. The van der Waals surface area contributed by atoms with Gasteiger partial charge in [-0.1, -0.05) is 24.6 Å². The van der Waals surface area contributed by atoms with E-state index in [1.54, 1.807) is 0 Å². The van der Waals surface area contributed by atoms with Crippen molar-refractivity contribution >= 4 is 0 Å². The Kier molecular flexibility index (Phi) is 4.79. The van der Waals surface area contributed by atoms with Crippen molar-refractivity contribution in [1.29, 1.82) is 0 Å². The molecule has 2 heteroatoms. The molecule has 0 spiro atoms. The van der Waals surface area contributed by atoms with Gasteiger partial charge in [-0.25, -0.2) is 0 Å². The summed E-state index contributed by atoms with van der Waals surface area (Å²) < 4.78 is 0. The number of hydrogen-bond donors (Lipinski definition) is 1. The van der Waals surface area contributed by atoms with Gasteiger partial charge in [0.2, 0.25) is 0 Å². The zero-order chi connectivity index (χ0) is 13.0. The Hall–Kier alpha value is -0.860. The molecule has 1 unspecified atom stereocenters. The fourth-order valence-electron chi connectivity index (χ4n) is 2.79. The molecule has 1 fully saturated rings. The molecule has 0 bridgehead atoms. The summed E-state index contributed by atoms with van der Waals surface area (Å²) >= 11 is 0. The van der Waals surface area contributed by atoms with Crippen molar-refractivity contribution in [1.82, 2.24) is 4.90 Å². The lowest BCUT2D eigenvalue weighted by Gasteiger charge is -2.30. The highest BCUT2D eigenvalue weighted by molar-refractivity contribution is 5.32. The topological polar surface area (TPSA) is 29.3 Å². The fourth-order valence-corrected chi connectivity index (χ4v) is 2.79. The van der Waals surface area contributed by atoms with Crippen molar-refractivity contribution in [2.75, 3.05) is 26.2 Å². The minimum absolute atomic E-state index is 0.488. The van der Waals surface area contributed by atoms with Gasteiger partial charge in [-0.15, -0.1) is 0 Å². The average molecular weight is 246 g/mol. The molecule has 18 heavy (non-hydrogen) atoms. The smallest absolute Gasteiger partial charge is 0.00889 e. The summed E-state index contributed by atoms with van der Waals surface area (Å²) in [5, 5.41) is 0. The second-order valence-electron chi connectivity index (χ2n) is 5.64. The van der Waals surface area contributed by atoms with E-state index < -0.39 is 0 Å². The molecule has 100 valence electrons. The molecule has 0 aromatic heterocycles. The van der Waals surface area contributed by atoms with Gasteiger partial charge in [0, 0.05) is 19.0 Å². The number of likely N-dealkylation sites (tertiary alicyclic amines) is 1. The third kappa shape index (κ3) is 3.33. The van der Waals surface area contributed by atoms with Crippen LogP contribution in [0.3, 0.4) is 0 Å². The third-order valence-corrected chi connectivity index (χ3v) is 4.21. The standard InChI is InChI=1S/C16H26N2/c1-13-6-7-15(10-14(13)2)16(11-17)12-18-8-4-3-5-9-18/h6-7,10,16H,3-5,8-9,11-12,17H2,1-2H3. The van der Waals surface area contributed by atoms with Crippen LogP contribution in [0, 0.1) is 13.8 Å². The second kappa shape index (κ2) is 6.35. The van der Waals surface area contributed by atoms with E-state index >= 15 is 0 Å². The monoisotopic (exact) mass is 246 g/mol. The highest BCUT2D eigenvalue weighted by Crippen LogP contribution is 2.21. The van der Waals surface area contributed by atoms with Gasteiger partial charge in [-0.2, -0.15) is 0 Å². The molecule has 0 amide bonds. The fraction of sp³-hybridized carbons (Fsp3) is 0.625. The quantitative estimate of drug-likeness (QED) is 0.885. The van der Waals surface area contributed by atoms with E-state index in [1.807, 2.05) is 0 Å². The molecule has 1 aliphatic rings. The molecule has 2 rings (SSSR count). The van der Waals surface area contributed by atoms with Gasteiger partial charge >= 0.3 is 0 Å². The molecule has 2 nitrogen and oxygen atoms in total. The lowest BCUT2D eigenvalue weighted by Crippen LogP contribution is -2.35. The second-order valence-corrected chi connectivity index (χ2v) is 5.64. The minimum atomic E-state index is 0.488. The highest BCUT2D eigenvalue weighted by atomic mass is 15.1. The predicted octanol–water partition coefficient (Wildman–Crippen LogP) is 2.83. The maximum atomic E-state index is 5.98. The number of hydrogen-bond acceptors (Lipinski definition) is 2. The molecule has 1 saturated heterocycles. The van der Waals surface area contributed by atoms with Crippen molar-refractivity contribution < 1.29 is 0 Å². The van der Waals surface area contributed by atoms with Gasteiger partial charge in [-0.05, 0) is 56.5 Å². The lowest BCUT2D eigenvalue weighted by molar-refractivity contribution is 0.216. The Bertz CT molecular complexity index is 381. The molecule has 0 aliphatic carbocycles. The van der Waals surface area contributed by atoms with Gasteiger partial charge in [0.1, 0.15) is 0 Å². The number of benzene rings is 1. The summed E-state index contributed by atoms with van der Waals surface area (Å²) in [5.74, 6) is 0.488. The summed E-state index contributed by atoms with van der Waals surface area (Å²) in [6.07, 6.45) is 4.10. The van der Waals surface area contributed by atoms with Crippen molar-refractivity contribution in [3.05, 3.63) is 34.9 Å². The summed E-state index contributed by atoms with van der Waals surface area (Å²) in [6.45, 7) is 8.73. The predicted molar refractivity (Wildman–Crippen MR) is 78.0 cm³/mol. The number of nitrogens with two attached hydrogens (primary N) is 1. The van der Waals surface area contributed by atoms with E-state index in [9.17, 15) is 0 Å². The Morgan fingerprint density at radius 2 is 1.83 bits per heavy atom. The van der Waals surface area contributed by atoms with Crippen LogP contribution in [0.25, 0.3) is 0 Å². The number of aryl methyl sites for hydroxylation is 2. The maximum absolute atomic E-state index is 5.98. The first-order chi connectivity index (χ1) is 8.70. The van der Waals surface area contributed by atoms with E-state index in [2.05, 4.69) is 36.9 Å². The summed E-state index contributed by atoms with van der Waals surface area (Å²) in [4.78, 5) is 2.58. The molecule has 0 radical (unpaired) electrons. The van der Waals surface area contributed by atoms with Crippen molar-refractivity contribution in [3.8, 4) is 0 Å². The van der Waals surface area contributed by atoms with Crippen LogP contribution >= 0.6 is 0 Å². The van der Waals surface area contributed by atoms with Gasteiger partial charge in [0.25, 0.3) is 0 Å². The lowest BCUT2D eigenvalue weighted by atomic mass is 9.94. The summed E-state index contributed by atoms with van der Waals surface area (Å²) in [5.41, 5.74) is 10.1. The zero-order valence-electron chi connectivity index (χ0n) is 11.8.